The largest absolute Gasteiger partial charge is 0.490 e. The van der Waals surface area contributed by atoms with E-state index in [4.69, 9.17) is 4.74 Å². The van der Waals surface area contributed by atoms with Gasteiger partial charge in [-0.15, -0.1) is 0 Å². The monoisotopic (exact) mass is 464 g/mol. The molecular weight excluding hydrogens is 433 g/mol. The van der Waals surface area contributed by atoms with Crippen LogP contribution in [0.5, 0.6) is 5.75 Å². The summed E-state index contributed by atoms with van der Waals surface area (Å²) in [7, 11) is 0. The van der Waals surface area contributed by atoms with Crippen molar-refractivity contribution in [1.29, 1.82) is 0 Å². The highest BCUT2D eigenvalue weighted by Crippen LogP contribution is 2.35. The second kappa shape index (κ2) is 10.9. The molecule has 0 radical (unpaired) electrons. The van der Waals surface area contributed by atoms with Gasteiger partial charge in [0.2, 0.25) is 5.82 Å². The van der Waals surface area contributed by atoms with Crippen molar-refractivity contribution in [3.8, 4) is 28.0 Å². The van der Waals surface area contributed by atoms with E-state index in [1.54, 1.807) is 36.4 Å². The van der Waals surface area contributed by atoms with Crippen molar-refractivity contribution >= 4 is 5.57 Å². The minimum atomic E-state index is -0.991. The summed E-state index contributed by atoms with van der Waals surface area (Å²) in [5.41, 5.74) is 4.01. The molecule has 1 atom stereocenters. The zero-order valence-corrected chi connectivity index (χ0v) is 19.8. The summed E-state index contributed by atoms with van der Waals surface area (Å²) in [6.07, 6.45) is 8.64. The van der Waals surface area contributed by atoms with Crippen LogP contribution in [0, 0.1) is 23.4 Å². The van der Waals surface area contributed by atoms with Crippen molar-refractivity contribution in [1.82, 2.24) is 0 Å². The molecule has 4 heteroatoms. The average molecular weight is 465 g/mol. The number of allylic oxidation sites excluding steroid dienone is 2. The molecular formula is C30H31F3O. The highest BCUT2D eigenvalue weighted by molar-refractivity contribution is 5.74. The van der Waals surface area contributed by atoms with Crippen molar-refractivity contribution in [3.05, 3.63) is 83.7 Å². The summed E-state index contributed by atoms with van der Waals surface area (Å²) in [5.74, 6) is -1.56. The maximum atomic E-state index is 15.0. The molecule has 1 aliphatic rings. The van der Waals surface area contributed by atoms with Gasteiger partial charge in [0.05, 0.1) is 6.61 Å². The topological polar surface area (TPSA) is 9.23 Å². The summed E-state index contributed by atoms with van der Waals surface area (Å²) >= 11 is 0. The Labute approximate surface area is 200 Å². The summed E-state index contributed by atoms with van der Waals surface area (Å²) in [5, 5.41) is 0. The standard InChI is InChI=1S/C30H31F3O/c1-3-5-20-6-8-21(9-7-20)24-14-15-25(27(31)19-24)22-10-12-23(13-11-22)26-16-17-28(34-18-4-2)30(33)29(26)32/h8,10-17,19-20H,3-7,9,18H2,1-2H3. The van der Waals surface area contributed by atoms with Crippen molar-refractivity contribution in [2.75, 3.05) is 6.61 Å². The maximum Gasteiger partial charge on any atom is 0.201 e. The van der Waals surface area contributed by atoms with Crippen LogP contribution in [0.1, 0.15) is 57.9 Å². The predicted molar refractivity (Wildman–Crippen MR) is 133 cm³/mol. The summed E-state index contributed by atoms with van der Waals surface area (Å²) < 4.78 is 49.3. The second-order valence-corrected chi connectivity index (χ2v) is 9.02. The second-order valence-electron chi connectivity index (χ2n) is 9.02. The molecule has 0 bridgehead atoms. The highest BCUT2D eigenvalue weighted by atomic mass is 19.2. The minimum absolute atomic E-state index is 0.0872. The molecule has 0 saturated heterocycles. The lowest BCUT2D eigenvalue weighted by molar-refractivity contribution is 0.295. The Hall–Kier alpha value is -3.01. The molecule has 0 aromatic heterocycles. The molecule has 0 fully saturated rings. The molecule has 0 amide bonds. The van der Waals surface area contributed by atoms with Crippen molar-refractivity contribution in [2.24, 2.45) is 5.92 Å². The third-order valence-corrected chi connectivity index (χ3v) is 6.57. The first-order valence-electron chi connectivity index (χ1n) is 12.2. The van der Waals surface area contributed by atoms with Crippen molar-refractivity contribution < 1.29 is 17.9 Å². The first-order valence-corrected chi connectivity index (χ1v) is 12.2. The Balaban J connectivity index is 1.53. The van der Waals surface area contributed by atoms with Gasteiger partial charge < -0.3 is 4.74 Å². The molecule has 1 aliphatic carbocycles. The number of hydrogen-bond acceptors (Lipinski definition) is 1. The SMILES string of the molecule is CCCOc1ccc(-c2ccc(-c3ccc(C4=CCC(CCC)CC4)cc3F)cc2)c(F)c1F. The van der Waals surface area contributed by atoms with Crippen LogP contribution >= 0.6 is 0 Å². The van der Waals surface area contributed by atoms with Crippen LogP contribution in [0.25, 0.3) is 27.8 Å². The molecule has 1 nitrogen and oxygen atoms in total. The molecule has 0 heterocycles. The Kier molecular flexibility index (Phi) is 7.77. The van der Waals surface area contributed by atoms with E-state index in [-0.39, 0.29) is 17.1 Å². The number of rotatable bonds is 8. The van der Waals surface area contributed by atoms with Crippen molar-refractivity contribution in [2.45, 2.75) is 52.4 Å². The lowest BCUT2D eigenvalue weighted by Crippen LogP contribution is -2.05. The number of halogens is 3. The predicted octanol–water partition coefficient (Wildman–Crippen LogP) is 9.21. The molecule has 178 valence electrons. The molecule has 0 N–H and O–H groups in total. The number of hydrogen-bond donors (Lipinski definition) is 0. The molecule has 0 aliphatic heterocycles. The third-order valence-electron chi connectivity index (χ3n) is 6.57. The van der Waals surface area contributed by atoms with Gasteiger partial charge in [-0.3, -0.25) is 0 Å². The van der Waals surface area contributed by atoms with Gasteiger partial charge in [-0.25, -0.2) is 8.78 Å². The van der Waals surface area contributed by atoms with Gasteiger partial charge in [0, 0.05) is 11.1 Å². The van der Waals surface area contributed by atoms with Crippen LogP contribution in [0.3, 0.4) is 0 Å². The van der Waals surface area contributed by atoms with E-state index in [1.165, 1.54) is 30.5 Å². The van der Waals surface area contributed by atoms with Crippen LogP contribution < -0.4 is 4.74 Å². The van der Waals surface area contributed by atoms with Crippen molar-refractivity contribution in [3.63, 3.8) is 0 Å². The first kappa shape index (κ1) is 24.1. The fraction of sp³-hybridized carbons (Fsp3) is 0.333. The zero-order chi connectivity index (χ0) is 24.1. The molecule has 1 unspecified atom stereocenters. The van der Waals surface area contributed by atoms with Gasteiger partial charge in [0.15, 0.2) is 11.6 Å². The summed E-state index contributed by atoms with van der Waals surface area (Å²) in [4.78, 5) is 0. The van der Waals surface area contributed by atoms with E-state index < -0.39 is 11.6 Å². The van der Waals surface area contributed by atoms with E-state index in [0.29, 0.717) is 29.7 Å². The number of ether oxygens (including phenoxy) is 1. The van der Waals surface area contributed by atoms with Crippen LogP contribution in [-0.2, 0) is 0 Å². The van der Waals surface area contributed by atoms with Gasteiger partial charge in [-0.2, -0.15) is 4.39 Å². The van der Waals surface area contributed by atoms with E-state index in [2.05, 4.69) is 13.0 Å². The van der Waals surface area contributed by atoms with Crippen LogP contribution in [0.2, 0.25) is 0 Å². The van der Waals surface area contributed by atoms with E-state index >= 15 is 4.39 Å². The molecule has 34 heavy (non-hydrogen) atoms. The Morgan fingerprint density at radius 1 is 0.794 bits per heavy atom. The maximum absolute atomic E-state index is 15.0. The van der Waals surface area contributed by atoms with Gasteiger partial charge in [0.25, 0.3) is 0 Å². The highest BCUT2D eigenvalue weighted by Gasteiger charge is 2.18. The van der Waals surface area contributed by atoms with Gasteiger partial charge in [-0.1, -0.05) is 69.2 Å². The van der Waals surface area contributed by atoms with Crippen LogP contribution in [0.4, 0.5) is 13.2 Å². The quantitative estimate of drug-likeness (QED) is 0.323. The van der Waals surface area contributed by atoms with Gasteiger partial charge in [0.1, 0.15) is 5.82 Å². The molecule has 3 aromatic carbocycles. The van der Waals surface area contributed by atoms with E-state index in [0.717, 1.165) is 30.7 Å². The summed E-state index contributed by atoms with van der Waals surface area (Å²) in [6.45, 7) is 4.44. The smallest absolute Gasteiger partial charge is 0.201 e. The average Bonchev–Trinajstić information content (AvgIpc) is 2.86. The van der Waals surface area contributed by atoms with E-state index in [9.17, 15) is 8.78 Å². The Morgan fingerprint density at radius 2 is 1.47 bits per heavy atom. The Bertz CT molecular complexity index is 1160. The zero-order valence-electron chi connectivity index (χ0n) is 19.8. The molecule has 0 saturated carbocycles. The normalized spacial score (nSPS) is 15.8. The fourth-order valence-corrected chi connectivity index (χ4v) is 4.68. The minimum Gasteiger partial charge on any atom is -0.490 e. The third kappa shape index (κ3) is 5.22. The van der Waals surface area contributed by atoms with Gasteiger partial charge >= 0.3 is 0 Å². The fourth-order valence-electron chi connectivity index (χ4n) is 4.68. The van der Waals surface area contributed by atoms with Crippen LogP contribution in [0.15, 0.2) is 60.7 Å². The van der Waals surface area contributed by atoms with Crippen LogP contribution in [-0.4, -0.2) is 6.61 Å². The summed E-state index contributed by atoms with van der Waals surface area (Å²) in [6, 6.07) is 15.2. The molecule has 4 rings (SSSR count). The van der Waals surface area contributed by atoms with Gasteiger partial charge in [-0.05, 0) is 72.1 Å². The number of benzene rings is 3. The lowest BCUT2D eigenvalue weighted by atomic mass is 9.84. The Morgan fingerprint density at radius 3 is 2.09 bits per heavy atom. The first-order chi connectivity index (χ1) is 16.5. The molecule has 0 spiro atoms. The van der Waals surface area contributed by atoms with E-state index in [1.807, 2.05) is 13.0 Å². The molecule has 3 aromatic rings. The lowest BCUT2D eigenvalue weighted by Gasteiger charge is -2.22.